The zero-order valence-electron chi connectivity index (χ0n) is 14.4. The second-order valence-corrected chi connectivity index (χ2v) is 6.20. The van der Waals surface area contributed by atoms with E-state index < -0.39 is 0 Å². The Bertz CT molecular complexity index is 683. The molecule has 0 spiro atoms. The van der Waals surface area contributed by atoms with Gasteiger partial charge in [-0.3, -0.25) is 4.90 Å². The third-order valence-corrected chi connectivity index (χ3v) is 4.21. The molecule has 0 bridgehead atoms. The molecule has 0 amide bonds. The van der Waals surface area contributed by atoms with Crippen LogP contribution in [0.4, 0.5) is 11.8 Å². The Morgan fingerprint density at radius 2 is 2.04 bits per heavy atom. The van der Waals surface area contributed by atoms with Crippen LogP contribution >= 0.6 is 11.6 Å². The summed E-state index contributed by atoms with van der Waals surface area (Å²) in [6.45, 7) is 8.40. The minimum Gasteiger partial charge on any atom is -0.371 e. The number of hydrogen-bond donors (Lipinski definition) is 1. The van der Waals surface area contributed by atoms with Gasteiger partial charge in [0.15, 0.2) is 5.82 Å². The first-order valence-corrected chi connectivity index (χ1v) is 8.64. The lowest BCUT2D eigenvalue weighted by molar-refractivity contribution is 0.0683. The van der Waals surface area contributed by atoms with E-state index in [0.717, 1.165) is 32.0 Å². The standard InChI is InChI=1S/C15H22ClN7O2/c1-3-24-10(2)14-20-13(25-21-14)9-22-4-6-23(7-5-22)12-8-11(16)18-15(17)19-12/h8,10H,3-7,9H2,1-2H3,(H2,17,18,19). The van der Waals surface area contributed by atoms with Gasteiger partial charge in [0, 0.05) is 38.9 Å². The maximum absolute atomic E-state index is 5.95. The van der Waals surface area contributed by atoms with Crippen LogP contribution in [0.3, 0.4) is 0 Å². The van der Waals surface area contributed by atoms with E-state index in [2.05, 4.69) is 29.9 Å². The van der Waals surface area contributed by atoms with Crippen LogP contribution in [0.2, 0.25) is 5.15 Å². The van der Waals surface area contributed by atoms with Crippen LogP contribution < -0.4 is 10.6 Å². The van der Waals surface area contributed by atoms with Gasteiger partial charge in [-0.05, 0) is 13.8 Å². The molecule has 1 atom stereocenters. The average Bonchev–Trinajstić information content (AvgIpc) is 3.03. The first-order valence-electron chi connectivity index (χ1n) is 8.26. The molecular formula is C15H22ClN7O2. The lowest BCUT2D eigenvalue weighted by Gasteiger charge is -2.34. The van der Waals surface area contributed by atoms with E-state index in [1.165, 1.54) is 0 Å². The van der Waals surface area contributed by atoms with Crippen LogP contribution in [0.15, 0.2) is 10.6 Å². The average molecular weight is 368 g/mol. The van der Waals surface area contributed by atoms with E-state index in [-0.39, 0.29) is 12.1 Å². The summed E-state index contributed by atoms with van der Waals surface area (Å²) in [7, 11) is 0. The van der Waals surface area contributed by atoms with Crippen LogP contribution in [-0.2, 0) is 11.3 Å². The van der Waals surface area contributed by atoms with Gasteiger partial charge in [0.2, 0.25) is 11.8 Å². The van der Waals surface area contributed by atoms with Crippen molar-refractivity contribution in [3.8, 4) is 0 Å². The number of nitrogens with zero attached hydrogens (tertiary/aromatic N) is 6. The highest BCUT2D eigenvalue weighted by Crippen LogP contribution is 2.19. The SMILES string of the molecule is CCOC(C)c1noc(CN2CCN(c3cc(Cl)nc(N)n3)CC2)n1. The molecule has 2 aromatic heterocycles. The van der Waals surface area contributed by atoms with E-state index in [1.54, 1.807) is 6.07 Å². The van der Waals surface area contributed by atoms with Crippen molar-refractivity contribution in [1.82, 2.24) is 25.0 Å². The molecule has 1 unspecified atom stereocenters. The Balaban J connectivity index is 1.54. The molecule has 9 nitrogen and oxygen atoms in total. The number of piperazine rings is 1. The largest absolute Gasteiger partial charge is 0.371 e. The number of rotatable bonds is 6. The first-order chi connectivity index (χ1) is 12.0. The Kier molecular flexibility index (Phi) is 5.67. The van der Waals surface area contributed by atoms with Gasteiger partial charge in [-0.15, -0.1) is 0 Å². The third-order valence-electron chi connectivity index (χ3n) is 4.02. The van der Waals surface area contributed by atoms with Crippen molar-refractivity contribution in [1.29, 1.82) is 0 Å². The van der Waals surface area contributed by atoms with Crippen molar-refractivity contribution < 1.29 is 9.26 Å². The molecule has 1 fully saturated rings. The minimum absolute atomic E-state index is 0.160. The molecule has 25 heavy (non-hydrogen) atoms. The summed E-state index contributed by atoms with van der Waals surface area (Å²) in [5, 5.41) is 4.34. The molecule has 0 saturated carbocycles. The van der Waals surface area contributed by atoms with Crippen molar-refractivity contribution in [3.05, 3.63) is 22.9 Å². The molecule has 3 rings (SSSR count). The van der Waals surface area contributed by atoms with E-state index in [4.69, 9.17) is 26.6 Å². The molecule has 10 heteroatoms. The number of nitrogen functional groups attached to an aromatic ring is 1. The Morgan fingerprint density at radius 3 is 2.72 bits per heavy atom. The second-order valence-electron chi connectivity index (χ2n) is 5.81. The summed E-state index contributed by atoms with van der Waals surface area (Å²) < 4.78 is 10.8. The molecule has 2 aromatic rings. The van der Waals surface area contributed by atoms with Crippen molar-refractivity contribution in [2.24, 2.45) is 0 Å². The molecule has 0 radical (unpaired) electrons. The second kappa shape index (κ2) is 7.94. The van der Waals surface area contributed by atoms with Crippen LogP contribution in [0.25, 0.3) is 0 Å². The van der Waals surface area contributed by atoms with Crippen molar-refractivity contribution in [3.63, 3.8) is 0 Å². The molecule has 1 aliphatic rings. The summed E-state index contributed by atoms with van der Waals surface area (Å²) in [4.78, 5) is 16.9. The lowest BCUT2D eigenvalue weighted by atomic mass is 10.3. The predicted molar refractivity (Wildman–Crippen MR) is 93.3 cm³/mol. The van der Waals surface area contributed by atoms with Crippen LogP contribution in [-0.4, -0.2) is 57.8 Å². The molecule has 1 aliphatic heterocycles. The fourth-order valence-electron chi connectivity index (χ4n) is 2.73. The minimum atomic E-state index is -0.160. The Morgan fingerprint density at radius 1 is 1.28 bits per heavy atom. The summed E-state index contributed by atoms with van der Waals surface area (Å²) in [6, 6.07) is 1.73. The van der Waals surface area contributed by atoms with E-state index >= 15 is 0 Å². The molecule has 2 N–H and O–H groups in total. The van der Waals surface area contributed by atoms with E-state index in [9.17, 15) is 0 Å². The van der Waals surface area contributed by atoms with Gasteiger partial charge in [-0.25, -0.2) is 4.98 Å². The molecule has 0 aliphatic carbocycles. The zero-order chi connectivity index (χ0) is 17.8. The number of halogens is 1. The van der Waals surface area contributed by atoms with E-state index in [1.807, 2.05) is 13.8 Å². The first kappa shape index (κ1) is 17.8. The topological polar surface area (TPSA) is 106 Å². The van der Waals surface area contributed by atoms with Crippen LogP contribution in [0.1, 0.15) is 31.7 Å². The highest BCUT2D eigenvalue weighted by Gasteiger charge is 2.21. The van der Waals surface area contributed by atoms with Crippen LogP contribution in [0.5, 0.6) is 0 Å². The van der Waals surface area contributed by atoms with Gasteiger partial charge >= 0.3 is 0 Å². The normalized spacial score (nSPS) is 17.0. The van der Waals surface area contributed by atoms with Crippen molar-refractivity contribution in [2.75, 3.05) is 43.4 Å². The fourth-order valence-corrected chi connectivity index (χ4v) is 2.92. The highest BCUT2D eigenvalue weighted by molar-refractivity contribution is 6.29. The van der Waals surface area contributed by atoms with Crippen LogP contribution in [0, 0.1) is 0 Å². The summed E-state index contributed by atoms with van der Waals surface area (Å²) in [5.41, 5.74) is 5.66. The predicted octanol–water partition coefficient (Wildman–Crippen LogP) is 1.51. The third kappa shape index (κ3) is 4.56. The maximum atomic E-state index is 5.95. The fraction of sp³-hybridized carbons (Fsp3) is 0.600. The maximum Gasteiger partial charge on any atom is 0.240 e. The van der Waals surface area contributed by atoms with Gasteiger partial charge in [-0.1, -0.05) is 16.8 Å². The highest BCUT2D eigenvalue weighted by atomic mass is 35.5. The molecule has 1 saturated heterocycles. The molecule has 3 heterocycles. The number of ether oxygens (including phenoxy) is 1. The van der Waals surface area contributed by atoms with Gasteiger partial charge in [0.25, 0.3) is 0 Å². The Hall–Kier alpha value is -1.97. The zero-order valence-corrected chi connectivity index (χ0v) is 15.1. The van der Waals surface area contributed by atoms with Gasteiger partial charge in [0.1, 0.15) is 17.1 Å². The smallest absolute Gasteiger partial charge is 0.240 e. The van der Waals surface area contributed by atoms with E-state index in [0.29, 0.717) is 30.0 Å². The number of hydrogen-bond acceptors (Lipinski definition) is 9. The summed E-state index contributed by atoms with van der Waals surface area (Å²) in [5.74, 6) is 2.13. The number of aromatic nitrogens is 4. The Labute approximate surface area is 151 Å². The quantitative estimate of drug-likeness (QED) is 0.760. The summed E-state index contributed by atoms with van der Waals surface area (Å²) in [6.07, 6.45) is -0.160. The lowest BCUT2D eigenvalue weighted by Crippen LogP contribution is -2.46. The van der Waals surface area contributed by atoms with Gasteiger partial charge in [0.05, 0.1) is 6.54 Å². The number of nitrogens with two attached hydrogens (primary N) is 1. The molecule has 0 aromatic carbocycles. The monoisotopic (exact) mass is 367 g/mol. The molecule has 136 valence electrons. The summed E-state index contributed by atoms with van der Waals surface area (Å²) >= 11 is 5.95. The van der Waals surface area contributed by atoms with Gasteiger partial charge < -0.3 is 19.9 Å². The van der Waals surface area contributed by atoms with Crippen molar-refractivity contribution >= 4 is 23.4 Å². The number of anilines is 2. The van der Waals surface area contributed by atoms with Crippen molar-refractivity contribution in [2.45, 2.75) is 26.5 Å². The molecular weight excluding hydrogens is 346 g/mol. The van der Waals surface area contributed by atoms with Gasteiger partial charge in [-0.2, -0.15) is 9.97 Å².